The number of hydrogen-bond donors (Lipinski definition) is 3. The van der Waals surface area contributed by atoms with Gasteiger partial charge in [-0.15, -0.1) is 0 Å². The Bertz CT molecular complexity index is 1380. The first-order valence-electron chi connectivity index (χ1n) is 12.1. The number of fused-ring (bicyclic) bond motifs is 4. The number of anilines is 3. The Morgan fingerprint density at radius 3 is 2.85 bits per heavy atom. The lowest BCUT2D eigenvalue weighted by Crippen LogP contribution is -2.56. The highest BCUT2D eigenvalue weighted by Gasteiger charge is 2.39. The molecule has 0 radical (unpaired) electrons. The van der Waals surface area contributed by atoms with Crippen LogP contribution in [-0.4, -0.2) is 69.6 Å². The molecule has 14 heteroatoms. The van der Waals surface area contributed by atoms with E-state index >= 15 is 0 Å². The van der Waals surface area contributed by atoms with E-state index in [0.29, 0.717) is 18.7 Å². The fraction of sp³-hybridized carbons (Fsp3) is 0.360. The van der Waals surface area contributed by atoms with E-state index in [-0.39, 0.29) is 46.4 Å². The van der Waals surface area contributed by atoms with Crippen molar-refractivity contribution in [2.75, 3.05) is 41.4 Å². The molecule has 2 aliphatic heterocycles. The molecule has 3 aromatic rings. The van der Waals surface area contributed by atoms with Crippen molar-refractivity contribution in [1.82, 2.24) is 15.0 Å². The molecule has 2 bridgehead atoms. The number of halogens is 4. The van der Waals surface area contributed by atoms with Crippen molar-refractivity contribution in [3.8, 4) is 17.1 Å². The number of rotatable bonds is 6. The van der Waals surface area contributed by atoms with Crippen LogP contribution < -0.4 is 19.9 Å². The molecule has 2 atom stereocenters. The molecule has 0 saturated carbocycles. The van der Waals surface area contributed by atoms with Gasteiger partial charge in [0.05, 0.1) is 34.6 Å². The summed E-state index contributed by atoms with van der Waals surface area (Å²) in [6, 6.07) is 6.92. The van der Waals surface area contributed by atoms with Crippen molar-refractivity contribution in [1.29, 1.82) is 0 Å². The van der Waals surface area contributed by atoms with E-state index in [1.54, 1.807) is 6.07 Å². The summed E-state index contributed by atoms with van der Waals surface area (Å²) in [5, 5.41) is 21.3. The van der Waals surface area contributed by atoms with Gasteiger partial charge in [-0.2, -0.15) is 13.2 Å². The van der Waals surface area contributed by atoms with Gasteiger partial charge in [0.25, 0.3) is 0 Å². The second kappa shape index (κ2) is 10.8. The second-order valence-electron chi connectivity index (χ2n) is 9.17. The zero-order valence-corrected chi connectivity index (χ0v) is 21.2. The SMILES string of the molecule is O=C(Nc1cc(OC[C@@H](O)CO)ncn1)N1c2nc(-c3cccc(C(F)(F)F)c3)c(Cl)cc2N2CCC[C@H]1C2. The maximum absolute atomic E-state index is 13.6. The Morgan fingerprint density at radius 2 is 2.08 bits per heavy atom. The van der Waals surface area contributed by atoms with E-state index in [4.69, 9.17) is 21.4 Å². The number of pyridine rings is 1. The van der Waals surface area contributed by atoms with Crippen LogP contribution in [0.3, 0.4) is 0 Å². The predicted molar refractivity (Wildman–Crippen MR) is 137 cm³/mol. The Kier molecular flexibility index (Phi) is 7.47. The molecular weight excluding hydrogens is 541 g/mol. The highest BCUT2D eigenvalue weighted by atomic mass is 35.5. The molecule has 0 aliphatic carbocycles. The van der Waals surface area contributed by atoms with Crippen LogP contribution in [0.5, 0.6) is 5.88 Å². The summed E-state index contributed by atoms with van der Waals surface area (Å²) in [6.07, 6.45) is -2.95. The number of urea groups is 1. The fourth-order valence-corrected chi connectivity index (χ4v) is 4.89. The Balaban J connectivity index is 1.48. The summed E-state index contributed by atoms with van der Waals surface area (Å²) in [7, 11) is 0. The number of alkyl halides is 3. The highest BCUT2D eigenvalue weighted by molar-refractivity contribution is 6.33. The summed E-state index contributed by atoms with van der Waals surface area (Å²) < 4.78 is 45.4. The standard InChI is InChI=1S/C25H24ClF3N6O4/c26-18-8-19-23(33-22(18)14-3-1-4-15(7-14)25(27,28)29)35(16-5-2-6-34(19)10-16)24(38)32-20-9-21(31-13-30-20)39-12-17(37)11-36/h1,3-4,7-9,13,16-17,36-37H,2,5-6,10-12H2,(H,30,31,32,38)/t16-,17-/m0/s1. The molecule has 5 rings (SSSR count). The maximum atomic E-state index is 13.6. The molecule has 2 aliphatic rings. The average molecular weight is 565 g/mol. The third-order valence-electron chi connectivity index (χ3n) is 6.46. The normalized spacial score (nSPS) is 17.4. The van der Waals surface area contributed by atoms with E-state index < -0.39 is 30.5 Å². The first-order chi connectivity index (χ1) is 18.6. The highest BCUT2D eigenvalue weighted by Crippen LogP contribution is 2.43. The molecule has 0 spiro atoms. The molecule has 39 heavy (non-hydrogen) atoms. The Hall–Kier alpha value is -3.68. The average Bonchev–Trinajstić information content (AvgIpc) is 2.92. The molecule has 206 valence electrons. The van der Waals surface area contributed by atoms with Crippen LogP contribution in [0.25, 0.3) is 11.3 Å². The molecule has 1 saturated heterocycles. The number of hydrogen-bond acceptors (Lipinski definition) is 8. The van der Waals surface area contributed by atoms with Crippen molar-refractivity contribution in [3.05, 3.63) is 53.3 Å². The van der Waals surface area contributed by atoms with Crippen molar-refractivity contribution < 1.29 is 32.9 Å². The summed E-state index contributed by atoms with van der Waals surface area (Å²) in [4.78, 5) is 29.7. The predicted octanol–water partition coefficient (Wildman–Crippen LogP) is 3.96. The molecule has 2 amide bonds. The third-order valence-corrected chi connectivity index (χ3v) is 6.75. The van der Waals surface area contributed by atoms with E-state index in [0.717, 1.165) is 25.1 Å². The molecule has 10 nitrogen and oxygen atoms in total. The lowest BCUT2D eigenvalue weighted by Gasteiger charge is -2.46. The molecule has 0 unspecified atom stereocenters. The van der Waals surface area contributed by atoms with Gasteiger partial charge >= 0.3 is 12.2 Å². The number of aromatic nitrogens is 3. The topological polar surface area (TPSA) is 124 Å². The van der Waals surface area contributed by atoms with Crippen LogP contribution in [0.2, 0.25) is 5.02 Å². The lowest BCUT2D eigenvalue weighted by atomic mass is 9.99. The van der Waals surface area contributed by atoms with E-state index in [1.165, 1.54) is 29.4 Å². The fourth-order valence-electron chi connectivity index (χ4n) is 4.63. The number of benzene rings is 1. The number of amides is 2. The van der Waals surface area contributed by atoms with Gasteiger partial charge in [-0.25, -0.2) is 19.7 Å². The molecule has 1 fully saturated rings. The summed E-state index contributed by atoms with van der Waals surface area (Å²) in [6.45, 7) is 0.576. The van der Waals surface area contributed by atoms with Gasteiger partial charge in [-0.1, -0.05) is 23.7 Å². The molecule has 4 heterocycles. The minimum atomic E-state index is -4.54. The number of nitrogens with zero attached hydrogens (tertiary/aromatic N) is 5. The van der Waals surface area contributed by atoms with Gasteiger partial charge < -0.3 is 19.8 Å². The third kappa shape index (κ3) is 5.70. The second-order valence-corrected chi connectivity index (χ2v) is 9.58. The molecule has 1 aromatic carbocycles. The zero-order valence-electron chi connectivity index (χ0n) is 20.4. The molecule has 3 N–H and O–H groups in total. The van der Waals surface area contributed by atoms with Crippen LogP contribution in [-0.2, 0) is 6.18 Å². The smallest absolute Gasteiger partial charge is 0.416 e. The number of carbonyl (C=O) groups is 1. The summed E-state index contributed by atoms with van der Waals surface area (Å²) >= 11 is 6.52. The van der Waals surface area contributed by atoms with E-state index in [2.05, 4.69) is 25.2 Å². The Labute approximate surface area is 226 Å². The summed E-state index contributed by atoms with van der Waals surface area (Å²) in [5.74, 6) is 0.472. The number of piperidine rings is 1. The lowest BCUT2D eigenvalue weighted by molar-refractivity contribution is -0.137. The quantitative estimate of drug-likeness (QED) is 0.411. The Morgan fingerprint density at radius 1 is 1.26 bits per heavy atom. The monoisotopic (exact) mass is 564 g/mol. The minimum Gasteiger partial charge on any atom is -0.475 e. The first kappa shape index (κ1) is 26.9. The van der Waals surface area contributed by atoms with Crippen LogP contribution in [0.15, 0.2) is 42.7 Å². The van der Waals surface area contributed by atoms with E-state index in [1.807, 2.05) is 0 Å². The van der Waals surface area contributed by atoms with Crippen molar-refractivity contribution >= 4 is 35.0 Å². The van der Waals surface area contributed by atoms with Gasteiger partial charge in [0, 0.05) is 24.7 Å². The number of carbonyl (C=O) groups excluding carboxylic acids is 1. The van der Waals surface area contributed by atoms with Crippen LogP contribution in [0.4, 0.5) is 35.3 Å². The van der Waals surface area contributed by atoms with E-state index in [9.17, 15) is 23.1 Å². The van der Waals surface area contributed by atoms with Crippen molar-refractivity contribution in [2.45, 2.75) is 31.2 Å². The molecule has 2 aromatic heterocycles. The summed E-state index contributed by atoms with van der Waals surface area (Å²) in [5.41, 5.74) is 0.0673. The number of ether oxygens (including phenoxy) is 1. The maximum Gasteiger partial charge on any atom is 0.416 e. The minimum absolute atomic E-state index is 0.0763. The number of aliphatic hydroxyl groups excluding tert-OH is 2. The van der Waals surface area contributed by atoms with Gasteiger partial charge in [0.2, 0.25) is 5.88 Å². The van der Waals surface area contributed by atoms with Gasteiger partial charge in [-0.3, -0.25) is 10.2 Å². The van der Waals surface area contributed by atoms with Crippen LogP contribution in [0, 0.1) is 0 Å². The van der Waals surface area contributed by atoms with Crippen LogP contribution >= 0.6 is 11.6 Å². The van der Waals surface area contributed by atoms with Crippen molar-refractivity contribution in [2.24, 2.45) is 0 Å². The van der Waals surface area contributed by atoms with Crippen LogP contribution in [0.1, 0.15) is 18.4 Å². The zero-order chi connectivity index (χ0) is 27.7. The number of aliphatic hydroxyl groups is 2. The van der Waals surface area contributed by atoms with Crippen molar-refractivity contribution in [3.63, 3.8) is 0 Å². The largest absolute Gasteiger partial charge is 0.475 e. The van der Waals surface area contributed by atoms with Gasteiger partial charge in [0.15, 0.2) is 5.82 Å². The van der Waals surface area contributed by atoms with Gasteiger partial charge in [-0.05, 0) is 31.0 Å². The van der Waals surface area contributed by atoms with Gasteiger partial charge in [0.1, 0.15) is 24.9 Å². The first-order valence-corrected chi connectivity index (χ1v) is 12.5. The number of nitrogens with one attached hydrogen (secondary N) is 1. The molecular formula is C25H24ClF3N6O4.